The zero-order chi connectivity index (χ0) is 19.6. The quantitative estimate of drug-likeness (QED) is 0.713. The number of alkyl halides is 3. The van der Waals surface area contributed by atoms with Crippen molar-refractivity contribution >= 4 is 11.6 Å². The Balaban J connectivity index is 1.71. The number of nitrogens with one attached hydrogen (secondary N) is 1. The van der Waals surface area contributed by atoms with Gasteiger partial charge in [-0.15, -0.1) is 0 Å². The second kappa shape index (κ2) is 7.26. The first-order valence-corrected chi connectivity index (χ1v) is 8.29. The predicted molar refractivity (Wildman–Crippen MR) is 96.6 cm³/mol. The smallest absolute Gasteiger partial charge is 0.319 e. The lowest BCUT2D eigenvalue weighted by atomic mass is 10.1. The van der Waals surface area contributed by atoms with Gasteiger partial charge in [0.25, 0.3) is 5.91 Å². The summed E-state index contributed by atoms with van der Waals surface area (Å²) in [6.45, 7) is 3.98. The Bertz CT molecular complexity index is 977. The van der Waals surface area contributed by atoms with Crippen LogP contribution in [0.4, 0.5) is 18.9 Å². The van der Waals surface area contributed by atoms with Crippen LogP contribution in [0.1, 0.15) is 32.6 Å². The number of rotatable bonds is 4. The molecule has 2 aromatic carbocycles. The van der Waals surface area contributed by atoms with Crippen LogP contribution in [0.25, 0.3) is 0 Å². The molecule has 0 spiro atoms. The average Bonchev–Trinajstić information content (AvgIpc) is 3.01. The van der Waals surface area contributed by atoms with Crippen molar-refractivity contribution in [2.24, 2.45) is 0 Å². The van der Waals surface area contributed by atoms with E-state index in [0.717, 1.165) is 23.3 Å². The summed E-state index contributed by atoms with van der Waals surface area (Å²) in [5.74, 6) is -0.258. The summed E-state index contributed by atoms with van der Waals surface area (Å²) in [4.78, 5) is 12.4. The van der Waals surface area contributed by atoms with Gasteiger partial charge in [0.1, 0.15) is 0 Å². The Labute approximate surface area is 154 Å². The highest BCUT2D eigenvalue weighted by Gasteiger charge is 2.30. The third-order valence-corrected chi connectivity index (χ3v) is 4.12. The van der Waals surface area contributed by atoms with Crippen molar-refractivity contribution in [2.75, 3.05) is 5.32 Å². The van der Waals surface area contributed by atoms with Crippen molar-refractivity contribution in [3.8, 4) is 0 Å². The summed E-state index contributed by atoms with van der Waals surface area (Å²) >= 11 is 0. The van der Waals surface area contributed by atoms with Gasteiger partial charge in [0.05, 0.1) is 24.0 Å². The van der Waals surface area contributed by atoms with E-state index >= 15 is 0 Å². The van der Waals surface area contributed by atoms with Gasteiger partial charge in [0, 0.05) is 11.8 Å². The van der Waals surface area contributed by atoms with Gasteiger partial charge in [-0.2, -0.15) is 18.3 Å². The molecule has 1 amide bonds. The number of hydrogen-bond donors (Lipinski definition) is 1. The third-order valence-electron chi connectivity index (χ3n) is 4.12. The number of halogens is 3. The molecule has 3 aromatic rings. The van der Waals surface area contributed by atoms with E-state index in [0.29, 0.717) is 16.8 Å². The topological polar surface area (TPSA) is 46.9 Å². The van der Waals surface area contributed by atoms with Crippen molar-refractivity contribution in [1.29, 1.82) is 0 Å². The number of benzene rings is 2. The van der Waals surface area contributed by atoms with E-state index in [9.17, 15) is 18.0 Å². The van der Waals surface area contributed by atoms with E-state index in [1.54, 1.807) is 18.3 Å². The van der Waals surface area contributed by atoms with Crippen LogP contribution in [0.5, 0.6) is 0 Å². The summed E-state index contributed by atoms with van der Waals surface area (Å²) in [6.07, 6.45) is -1.33. The Morgan fingerprint density at radius 3 is 2.63 bits per heavy atom. The second-order valence-corrected chi connectivity index (χ2v) is 6.40. The van der Waals surface area contributed by atoms with Gasteiger partial charge in [-0.05, 0) is 43.2 Å². The Kier molecular flexibility index (Phi) is 5.03. The first-order valence-electron chi connectivity index (χ1n) is 8.29. The molecular weight excluding hydrogens is 355 g/mol. The van der Waals surface area contributed by atoms with Gasteiger partial charge >= 0.3 is 6.18 Å². The van der Waals surface area contributed by atoms with Crippen LogP contribution in [0, 0.1) is 13.8 Å². The molecule has 1 N–H and O–H groups in total. The van der Waals surface area contributed by atoms with Gasteiger partial charge in [-0.25, -0.2) is 0 Å². The molecule has 0 aliphatic rings. The van der Waals surface area contributed by atoms with Crippen LogP contribution >= 0.6 is 0 Å². The fourth-order valence-corrected chi connectivity index (χ4v) is 2.81. The fourth-order valence-electron chi connectivity index (χ4n) is 2.81. The van der Waals surface area contributed by atoms with Gasteiger partial charge in [0.15, 0.2) is 0 Å². The normalized spacial score (nSPS) is 11.4. The summed E-state index contributed by atoms with van der Waals surface area (Å²) < 4.78 is 39.9. The molecule has 0 fully saturated rings. The Morgan fingerprint density at radius 2 is 1.93 bits per heavy atom. The first-order chi connectivity index (χ1) is 12.7. The number of carbonyl (C=O) groups is 1. The molecule has 0 aliphatic carbocycles. The third kappa shape index (κ3) is 4.55. The number of carbonyl (C=O) groups excluding carboxylic acids is 1. The molecule has 4 nitrogen and oxygen atoms in total. The zero-order valence-corrected chi connectivity index (χ0v) is 14.8. The molecular formula is C20H18F3N3O. The monoisotopic (exact) mass is 373 g/mol. The lowest BCUT2D eigenvalue weighted by Gasteiger charge is -2.09. The zero-order valence-electron chi connectivity index (χ0n) is 14.8. The maximum atomic E-state index is 12.8. The van der Waals surface area contributed by atoms with E-state index in [4.69, 9.17) is 0 Å². The maximum absolute atomic E-state index is 12.8. The summed E-state index contributed by atoms with van der Waals surface area (Å²) in [6, 6.07) is 10.6. The van der Waals surface area contributed by atoms with Gasteiger partial charge < -0.3 is 5.32 Å². The summed E-state index contributed by atoms with van der Waals surface area (Å²) in [5, 5.41) is 6.87. The van der Waals surface area contributed by atoms with E-state index in [1.807, 2.05) is 26.0 Å². The van der Waals surface area contributed by atoms with E-state index in [2.05, 4.69) is 10.4 Å². The summed E-state index contributed by atoms with van der Waals surface area (Å²) in [7, 11) is 0. The van der Waals surface area contributed by atoms with E-state index in [-0.39, 0.29) is 12.5 Å². The summed E-state index contributed by atoms with van der Waals surface area (Å²) in [5.41, 5.74) is 2.75. The number of aromatic nitrogens is 2. The van der Waals surface area contributed by atoms with Crippen molar-refractivity contribution in [2.45, 2.75) is 26.6 Å². The molecule has 0 unspecified atom stereocenters. The van der Waals surface area contributed by atoms with Crippen LogP contribution in [0.15, 0.2) is 54.9 Å². The maximum Gasteiger partial charge on any atom is 0.416 e. The number of amides is 1. The molecule has 0 saturated heterocycles. The van der Waals surface area contributed by atoms with E-state index < -0.39 is 11.7 Å². The molecule has 7 heteroatoms. The SMILES string of the molecule is Cc1ccc(C(=O)Nc2cnn(Cc3cccc(C(F)(F)F)c3)c2)c(C)c1. The first kappa shape index (κ1) is 18.7. The molecule has 1 heterocycles. The van der Waals surface area contributed by atoms with E-state index in [1.165, 1.54) is 16.9 Å². The lowest BCUT2D eigenvalue weighted by Crippen LogP contribution is -2.13. The average molecular weight is 373 g/mol. The minimum Gasteiger partial charge on any atom is -0.319 e. The van der Waals surface area contributed by atoms with Crippen molar-refractivity contribution in [3.05, 3.63) is 82.7 Å². The van der Waals surface area contributed by atoms with Crippen molar-refractivity contribution in [1.82, 2.24) is 9.78 Å². The van der Waals surface area contributed by atoms with Crippen LogP contribution in [0.3, 0.4) is 0 Å². The fraction of sp³-hybridized carbons (Fsp3) is 0.200. The minimum absolute atomic E-state index is 0.170. The largest absolute Gasteiger partial charge is 0.416 e. The number of hydrogen-bond acceptors (Lipinski definition) is 2. The molecule has 0 atom stereocenters. The highest BCUT2D eigenvalue weighted by atomic mass is 19.4. The second-order valence-electron chi connectivity index (χ2n) is 6.40. The Morgan fingerprint density at radius 1 is 1.15 bits per heavy atom. The van der Waals surface area contributed by atoms with Crippen LogP contribution in [-0.2, 0) is 12.7 Å². The van der Waals surface area contributed by atoms with Crippen molar-refractivity contribution in [3.63, 3.8) is 0 Å². The molecule has 1 aromatic heterocycles. The standard InChI is InChI=1S/C20H18F3N3O/c1-13-6-7-18(14(2)8-13)19(27)25-17-10-24-26(12-17)11-15-4-3-5-16(9-15)20(21,22)23/h3-10,12H,11H2,1-2H3,(H,25,27). The molecule has 140 valence electrons. The van der Waals surface area contributed by atoms with Gasteiger partial charge in [-0.1, -0.05) is 29.8 Å². The highest BCUT2D eigenvalue weighted by Crippen LogP contribution is 2.29. The Hall–Kier alpha value is -3.09. The number of aryl methyl sites for hydroxylation is 2. The minimum atomic E-state index is -4.38. The molecule has 3 rings (SSSR count). The molecule has 0 bridgehead atoms. The van der Waals surface area contributed by atoms with Gasteiger partial charge in [-0.3, -0.25) is 9.48 Å². The molecule has 0 aliphatic heterocycles. The lowest BCUT2D eigenvalue weighted by molar-refractivity contribution is -0.137. The number of anilines is 1. The molecule has 27 heavy (non-hydrogen) atoms. The van der Waals surface area contributed by atoms with Crippen LogP contribution < -0.4 is 5.32 Å². The molecule has 0 radical (unpaired) electrons. The number of nitrogens with zero attached hydrogens (tertiary/aromatic N) is 2. The molecule has 0 saturated carbocycles. The van der Waals surface area contributed by atoms with Crippen LogP contribution in [-0.4, -0.2) is 15.7 Å². The van der Waals surface area contributed by atoms with Crippen LogP contribution in [0.2, 0.25) is 0 Å². The van der Waals surface area contributed by atoms with Crippen molar-refractivity contribution < 1.29 is 18.0 Å². The highest BCUT2D eigenvalue weighted by molar-refractivity contribution is 6.05. The van der Waals surface area contributed by atoms with Gasteiger partial charge in [0.2, 0.25) is 0 Å². The predicted octanol–water partition coefficient (Wildman–Crippen LogP) is 4.82.